The molecule has 4 aromatic rings. The van der Waals surface area contributed by atoms with Gasteiger partial charge in [-0.05, 0) is 36.8 Å². The van der Waals surface area contributed by atoms with Crippen LogP contribution in [0, 0.1) is 6.92 Å². The van der Waals surface area contributed by atoms with Crippen LogP contribution in [0.5, 0.6) is 0 Å². The van der Waals surface area contributed by atoms with Gasteiger partial charge < -0.3 is 9.46 Å². The summed E-state index contributed by atoms with van der Waals surface area (Å²) in [7, 11) is 0. The van der Waals surface area contributed by atoms with Crippen molar-refractivity contribution < 1.29 is 4.79 Å². The minimum absolute atomic E-state index is 0.0384. The van der Waals surface area contributed by atoms with Gasteiger partial charge in [0.2, 0.25) is 5.78 Å². The Morgan fingerprint density at radius 3 is 2.14 bits per heavy atom. The number of unbranched alkanes of at least 4 members (excludes halogenated alkanes) is 2. The number of aromatic amines is 1. The van der Waals surface area contributed by atoms with E-state index in [4.69, 9.17) is 0 Å². The molecule has 0 aliphatic heterocycles. The first-order valence-electron chi connectivity index (χ1n) is 13.1. The van der Waals surface area contributed by atoms with Crippen molar-refractivity contribution in [1.82, 2.24) is 9.46 Å². The van der Waals surface area contributed by atoms with Crippen molar-refractivity contribution in [3.63, 3.8) is 0 Å². The van der Waals surface area contributed by atoms with E-state index in [1.807, 2.05) is 30.5 Å². The lowest BCUT2D eigenvalue weighted by Gasteiger charge is -2.26. The van der Waals surface area contributed by atoms with E-state index in [0.717, 1.165) is 60.8 Å². The maximum atomic E-state index is 13.9. The molecule has 35 heavy (non-hydrogen) atoms. The molecule has 0 spiro atoms. The third-order valence-corrected chi connectivity index (χ3v) is 7.00. The predicted molar refractivity (Wildman–Crippen MR) is 148 cm³/mol. The second-order valence-electron chi connectivity index (χ2n) is 9.62. The Morgan fingerprint density at radius 2 is 1.54 bits per heavy atom. The van der Waals surface area contributed by atoms with Gasteiger partial charge in [-0.15, -0.1) is 0 Å². The lowest BCUT2D eigenvalue weighted by molar-refractivity contribution is 0.103. The zero-order chi connectivity index (χ0) is 24.6. The second kappa shape index (κ2) is 11.9. The Hall–Kier alpha value is -3.27. The lowest BCUT2D eigenvalue weighted by atomic mass is 9.53. The van der Waals surface area contributed by atoms with E-state index in [9.17, 15) is 4.79 Å². The van der Waals surface area contributed by atoms with Gasteiger partial charge >= 0.3 is 0 Å². The van der Waals surface area contributed by atoms with Gasteiger partial charge in [-0.3, -0.25) is 4.79 Å². The summed E-state index contributed by atoms with van der Waals surface area (Å²) in [5.41, 5.74) is 6.28. The van der Waals surface area contributed by atoms with Crippen LogP contribution in [0.2, 0.25) is 12.6 Å². The number of hydrogen-bond donors (Lipinski definition) is 1. The summed E-state index contributed by atoms with van der Waals surface area (Å²) in [6, 6.07) is 27.1. The van der Waals surface area contributed by atoms with E-state index >= 15 is 0 Å². The molecule has 4 rings (SSSR count). The van der Waals surface area contributed by atoms with Gasteiger partial charge in [-0.2, -0.15) is 0 Å². The minimum atomic E-state index is 0.0384. The van der Waals surface area contributed by atoms with E-state index in [1.165, 1.54) is 11.3 Å². The number of aryl methyl sites for hydroxylation is 1. The van der Waals surface area contributed by atoms with Crippen molar-refractivity contribution in [3.8, 4) is 0 Å². The standard InChI is InChI=1S/C31H37BN2O/c1-4-6-21-32(22-7-5-2)34-28(19-20-29(34)31(35)26-17-15-24(3)16-18-26)30(27-14-11-23-33-27)25-12-9-8-10-13-25/h8-20,23,30,33H,4-7,21-22H2,1-3H3. The number of rotatable bonds is 12. The number of carbonyl (C=O) groups excluding carboxylic acids is 1. The van der Waals surface area contributed by atoms with Crippen LogP contribution in [0.1, 0.15) is 84.0 Å². The number of H-pyrrole nitrogens is 1. The van der Waals surface area contributed by atoms with Gasteiger partial charge in [0, 0.05) is 23.1 Å². The first-order chi connectivity index (χ1) is 17.1. The fourth-order valence-corrected chi connectivity index (χ4v) is 5.11. The van der Waals surface area contributed by atoms with Gasteiger partial charge in [-0.1, -0.05) is 112 Å². The number of benzene rings is 2. The minimum Gasteiger partial charge on any atom is -0.386 e. The van der Waals surface area contributed by atoms with Gasteiger partial charge in [0.15, 0.2) is 0 Å². The Kier molecular flexibility index (Phi) is 8.47. The highest BCUT2D eigenvalue weighted by Gasteiger charge is 2.30. The van der Waals surface area contributed by atoms with Crippen LogP contribution in [0.3, 0.4) is 0 Å². The summed E-state index contributed by atoms with van der Waals surface area (Å²) in [6.45, 7) is 6.85. The molecule has 0 bridgehead atoms. The highest BCUT2D eigenvalue weighted by atomic mass is 16.1. The summed E-state index contributed by atoms with van der Waals surface area (Å²) < 4.78 is 2.39. The number of ketones is 1. The van der Waals surface area contributed by atoms with Crippen molar-refractivity contribution in [2.24, 2.45) is 0 Å². The highest BCUT2D eigenvalue weighted by Crippen LogP contribution is 2.34. The molecular weight excluding hydrogens is 427 g/mol. The summed E-state index contributed by atoms with van der Waals surface area (Å²) in [5, 5.41) is 0. The Morgan fingerprint density at radius 1 is 0.857 bits per heavy atom. The second-order valence-corrected chi connectivity index (χ2v) is 9.62. The number of carbonyl (C=O) groups is 1. The number of nitrogens with one attached hydrogen (secondary N) is 1. The van der Waals surface area contributed by atoms with Crippen LogP contribution >= 0.6 is 0 Å². The Balaban J connectivity index is 1.89. The lowest BCUT2D eigenvalue weighted by Crippen LogP contribution is -2.31. The fraction of sp³-hybridized carbons (Fsp3) is 0.323. The van der Waals surface area contributed by atoms with Crippen LogP contribution < -0.4 is 0 Å². The van der Waals surface area contributed by atoms with Crippen molar-refractivity contribution in [1.29, 1.82) is 0 Å². The number of aromatic nitrogens is 2. The quantitative estimate of drug-likeness (QED) is 0.168. The molecule has 0 saturated carbocycles. The van der Waals surface area contributed by atoms with Gasteiger partial charge in [0.05, 0.1) is 11.6 Å². The third kappa shape index (κ3) is 5.70. The molecule has 0 aliphatic rings. The van der Waals surface area contributed by atoms with E-state index in [0.29, 0.717) is 6.85 Å². The molecule has 1 atom stereocenters. The third-order valence-electron chi connectivity index (χ3n) is 7.00. The zero-order valence-corrected chi connectivity index (χ0v) is 21.3. The van der Waals surface area contributed by atoms with E-state index < -0.39 is 0 Å². The molecular formula is C31H37BN2O. The zero-order valence-electron chi connectivity index (χ0n) is 21.3. The molecule has 2 heterocycles. The smallest absolute Gasteiger partial charge is 0.260 e. The summed E-state index contributed by atoms with van der Waals surface area (Å²) in [4.78, 5) is 17.3. The molecule has 1 unspecified atom stereocenters. The molecule has 180 valence electrons. The monoisotopic (exact) mass is 464 g/mol. The van der Waals surface area contributed by atoms with Gasteiger partial charge in [0.25, 0.3) is 6.85 Å². The SMILES string of the molecule is CCCCB(CCCC)n1c(C(=O)c2ccc(C)cc2)ccc1C(c1ccccc1)c1ccc[nH]1. The average Bonchev–Trinajstić information content (AvgIpc) is 3.56. The van der Waals surface area contributed by atoms with Crippen molar-refractivity contribution >= 4 is 12.6 Å². The van der Waals surface area contributed by atoms with Crippen molar-refractivity contribution in [2.75, 3.05) is 0 Å². The van der Waals surface area contributed by atoms with Crippen LogP contribution in [-0.2, 0) is 0 Å². The summed E-state index contributed by atoms with van der Waals surface area (Å²) >= 11 is 0. The first kappa shape index (κ1) is 24.8. The topological polar surface area (TPSA) is 37.8 Å². The average molecular weight is 464 g/mol. The molecule has 1 N–H and O–H groups in total. The molecule has 0 amide bonds. The fourth-order valence-electron chi connectivity index (χ4n) is 5.11. The van der Waals surface area contributed by atoms with E-state index in [2.05, 4.69) is 84.8 Å². The van der Waals surface area contributed by atoms with Crippen molar-refractivity contribution in [2.45, 2.75) is 65.0 Å². The molecule has 0 radical (unpaired) electrons. The molecule has 2 aromatic heterocycles. The van der Waals surface area contributed by atoms with E-state index in [1.54, 1.807) is 0 Å². The summed E-state index contributed by atoms with van der Waals surface area (Å²) in [5.74, 6) is 0.143. The van der Waals surface area contributed by atoms with E-state index in [-0.39, 0.29) is 11.7 Å². The molecule has 0 aliphatic carbocycles. The van der Waals surface area contributed by atoms with Crippen LogP contribution in [-0.4, -0.2) is 22.1 Å². The largest absolute Gasteiger partial charge is 0.386 e. The van der Waals surface area contributed by atoms with Crippen molar-refractivity contribution in [3.05, 3.63) is 119 Å². The molecule has 3 nitrogen and oxygen atoms in total. The Bertz CT molecular complexity index is 1180. The maximum Gasteiger partial charge on any atom is 0.260 e. The van der Waals surface area contributed by atoms with Crippen LogP contribution in [0.15, 0.2) is 85.1 Å². The predicted octanol–water partition coefficient (Wildman–Crippen LogP) is 7.98. The van der Waals surface area contributed by atoms with Crippen LogP contribution in [0.4, 0.5) is 0 Å². The molecule has 0 fully saturated rings. The van der Waals surface area contributed by atoms with Gasteiger partial charge in [0.1, 0.15) is 0 Å². The highest BCUT2D eigenvalue weighted by molar-refractivity contribution is 6.58. The molecule has 2 aromatic carbocycles. The number of hydrogen-bond acceptors (Lipinski definition) is 1. The maximum absolute atomic E-state index is 13.9. The molecule has 0 saturated heterocycles. The molecule has 4 heteroatoms. The Labute approximate surface area is 210 Å². The number of nitrogens with zero attached hydrogens (tertiary/aromatic N) is 1. The van der Waals surface area contributed by atoms with Crippen LogP contribution in [0.25, 0.3) is 0 Å². The normalized spacial score (nSPS) is 12.0. The summed E-state index contributed by atoms with van der Waals surface area (Å²) in [6.07, 6.45) is 8.77. The van der Waals surface area contributed by atoms with Gasteiger partial charge in [-0.25, -0.2) is 0 Å². The first-order valence-corrected chi connectivity index (χ1v) is 13.1.